The van der Waals surface area contributed by atoms with Crippen LogP contribution in [0, 0.1) is 6.92 Å². The number of hydrogen-bond acceptors (Lipinski definition) is 3. The first-order valence-electron chi connectivity index (χ1n) is 7.41. The molecule has 0 aromatic heterocycles. The minimum Gasteiger partial charge on any atom is -0.497 e. The van der Waals surface area contributed by atoms with Crippen molar-refractivity contribution in [3.8, 4) is 5.75 Å². The van der Waals surface area contributed by atoms with Crippen molar-refractivity contribution < 1.29 is 9.53 Å². The van der Waals surface area contributed by atoms with Gasteiger partial charge in [-0.15, -0.1) is 0 Å². The summed E-state index contributed by atoms with van der Waals surface area (Å²) in [5.74, 6) is 0.679. The zero-order chi connectivity index (χ0) is 16.4. The Morgan fingerprint density at radius 1 is 1.00 bits per heavy atom. The van der Waals surface area contributed by atoms with Gasteiger partial charge in [0, 0.05) is 0 Å². The molecule has 4 heteroatoms. The standard InChI is InChI=1S/C19H18N2O2/c1-13-4-8-16(9-5-13)21-19(22)18(14(2)20-21)12-15-6-10-17(23-3)11-7-15/h4-12H,1-3H3. The topological polar surface area (TPSA) is 41.9 Å². The second-order valence-electron chi connectivity index (χ2n) is 5.47. The normalized spacial score (nSPS) is 16.0. The first kappa shape index (κ1) is 15.0. The molecule has 1 aliphatic rings. The Hall–Kier alpha value is -2.88. The van der Waals surface area contributed by atoms with Crippen LogP contribution in [-0.2, 0) is 4.79 Å². The molecule has 0 saturated heterocycles. The molecule has 1 aliphatic heterocycles. The van der Waals surface area contributed by atoms with Gasteiger partial charge in [0.05, 0.1) is 24.1 Å². The van der Waals surface area contributed by atoms with Crippen LogP contribution in [0.4, 0.5) is 5.69 Å². The highest BCUT2D eigenvalue weighted by molar-refractivity contribution is 6.32. The average molecular weight is 306 g/mol. The van der Waals surface area contributed by atoms with Crippen LogP contribution in [0.15, 0.2) is 59.2 Å². The van der Waals surface area contributed by atoms with Gasteiger partial charge in [0.2, 0.25) is 0 Å². The molecule has 3 rings (SSSR count). The van der Waals surface area contributed by atoms with Gasteiger partial charge in [-0.1, -0.05) is 29.8 Å². The summed E-state index contributed by atoms with van der Waals surface area (Å²) in [6, 6.07) is 15.3. The first-order chi connectivity index (χ1) is 11.1. The highest BCUT2D eigenvalue weighted by atomic mass is 16.5. The van der Waals surface area contributed by atoms with Gasteiger partial charge >= 0.3 is 0 Å². The lowest BCUT2D eigenvalue weighted by Gasteiger charge is -2.11. The van der Waals surface area contributed by atoms with E-state index in [0.29, 0.717) is 11.3 Å². The maximum atomic E-state index is 12.6. The van der Waals surface area contributed by atoms with Crippen molar-refractivity contribution in [1.29, 1.82) is 0 Å². The molecule has 0 atom stereocenters. The van der Waals surface area contributed by atoms with Crippen molar-refractivity contribution in [3.63, 3.8) is 0 Å². The molecule has 0 radical (unpaired) electrons. The summed E-state index contributed by atoms with van der Waals surface area (Å²) >= 11 is 0. The van der Waals surface area contributed by atoms with E-state index in [1.165, 1.54) is 5.01 Å². The number of carbonyl (C=O) groups excluding carboxylic acids is 1. The first-order valence-corrected chi connectivity index (χ1v) is 7.41. The molecule has 0 unspecified atom stereocenters. The van der Waals surface area contributed by atoms with Gasteiger partial charge in [0.25, 0.3) is 5.91 Å². The lowest BCUT2D eigenvalue weighted by atomic mass is 10.1. The summed E-state index contributed by atoms with van der Waals surface area (Å²) in [7, 11) is 1.63. The van der Waals surface area contributed by atoms with Gasteiger partial charge in [0.15, 0.2) is 0 Å². The molecule has 2 aromatic carbocycles. The van der Waals surface area contributed by atoms with E-state index in [0.717, 1.165) is 22.6 Å². The van der Waals surface area contributed by atoms with Crippen LogP contribution in [0.1, 0.15) is 18.1 Å². The number of carbonyl (C=O) groups is 1. The summed E-state index contributed by atoms with van der Waals surface area (Å²) in [5.41, 5.74) is 4.18. The van der Waals surface area contributed by atoms with E-state index in [4.69, 9.17) is 4.74 Å². The third-order valence-electron chi connectivity index (χ3n) is 3.77. The minimum absolute atomic E-state index is 0.109. The van der Waals surface area contributed by atoms with E-state index in [-0.39, 0.29) is 5.91 Å². The monoisotopic (exact) mass is 306 g/mol. The molecule has 0 saturated carbocycles. The van der Waals surface area contributed by atoms with E-state index in [9.17, 15) is 4.79 Å². The van der Waals surface area contributed by atoms with Crippen molar-refractivity contribution >= 4 is 23.4 Å². The Morgan fingerprint density at radius 2 is 1.65 bits per heavy atom. The van der Waals surface area contributed by atoms with Gasteiger partial charge < -0.3 is 4.74 Å². The third kappa shape index (κ3) is 3.01. The fourth-order valence-electron chi connectivity index (χ4n) is 2.41. The molecule has 0 fully saturated rings. The third-order valence-corrected chi connectivity index (χ3v) is 3.77. The van der Waals surface area contributed by atoms with Crippen LogP contribution < -0.4 is 9.75 Å². The highest BCUT2D eigenvalue weighted by Gasteiger charge is 2.28. The lowest BCUT2D eigenvalue weighted by molar-refractivity contribution is -0.114. The van der Waals surface area contributed by atoms with Crippen molar-refractivity contribution in [2.24, 2.45) is 5.10 Å². The number of anilines is 1. The molecule has 4 nitrogen and oxygen atoms in total. The van der Waals surface area contributed by atoms with Crippen molar-refractivity contribution in [2.75, 3.05) is 12.1 Å². The van der Waals surface area contributed by atoms with E-state index in [1.807, 2.05) is 68.5 Å². The number of ether oxygens (including phenoxy) is 1. The molecule has 1 heterocycles. The van der Waals surface area contributed by atoms with Crippen molar-refractivity contribution in [2.45, 2.75) is 13.8 Å². The maximum absolute atomic E-state index is 12.6. The van der Waals surface area contributed by atoms with Crippen LogP contribution in [0.2, 0.25) is 0 Å². The van der Waals surface area contributed by atoms with Crippen LogP contribution >= 0.6 is 0 Å². The maximum Gasteiger partial charge on any atom is 0.280 e. The van der Waals surface area contributed by atoms with Gasteiger partial charge in [-0.3, -0.25) is 4.79 Å². The van der Waals surface area contributed by atoms with E-state index in [1.54, 1.807) is 7.11 Å². The van der Waals surface area contributed by atoms with Gasteiger partial charge in [-0.25, -0.2) is 0 Å². The molecule has 116 valence electrons. The second-order valence-corrected chi connectivity index (χ2v) is 5.47. The van der Waals surface area contributed by atoms with Gasteiger partial charge in [-0.2, -0.15) is 10.1 Å². The molecule has 0 aliphatic carbocycles. The number of benzene rings is 2. The molecular weight excluding hydrogens is 288 g/mol. The van der Waals surface area contributed by atoms with E-state index >= 15 is 0 Å². The number of aryl methyl sites for hydroxylation is 1. The van der Waals surface area contributed by atoms with E-state index in [2.05, 4.69) is 5.10 Å². The quantitative estimate of drug-likeness (QED) is 0.809. The van der Waals surface area contributed by atoms with Crippen molar-refractivity contribution in [3.05, 3.63) is 65.2 Å². The molecule has 1 amide bonds. The Labute approximate surface area is 135 Å². The summed E-state index contributed by atoms with van der Waals surface area (Å²) in [4.78, 5) is 12.6. The smallest absolute Gasteiger partial charge is 0.280 e. The summed E-state index contributed by atoms with van der Waals surface area (Å²) < 4.78 is 5.15. The average Bonchev–Trinajstić information content (AvgIpc) is 2.84. The summed E-state index contributed by atoms with van der Waals surface area (Å²) in [5, 5.41) is 5.84. The fraction of sp³-hybridized carbons (Fsp3) is 0.158. The van der Waals surface area contributed by atoms with Crippen LogP contribution in [-0.4, -0.2) is 18.7 Å². The molecule has 2 aromatic rings. The lowest BCUT2D eigenvalue weighted by Crippen LogP contribution is -2.21. The molecule has 0 bridgehead atoms. The van der Waals surface area contributed by atoms with Crippen LogP contribution in [0.3, 0.4) is 0 Å². The molecule has 0 spiro atoms. The highest BCUT2D eigenvalue weighted by Crippen LogP contribution is 2.25. The number of rotatable bonds is 3. The fourth-order valence-corrected chi connectivity index (χ4v) is 2.41. The SMILES string of the molecule is COc1ccc(C=C2C(=O)N(c3ccc(C)cc3)N=C2C)cc1. The van der Waals surface area contributed by atoms with Crippen LogP contribution in [0.5, 0.6) is 5.75 Å². The zero-order valence-corrected chi connectivity index (χ0v) is 13.4. The second kappa shape index (κ2) is 6.08. The Morgan fingerprint density at radius 3 is 2.26 bits per heavy atom. The number of hydrogen-bond donors (Lipinski definition) is 0. The predicted molar refractivity (Wildman–Crippen MR) is 92.7 cm³/mol. The van der Waals surface area contributed by atoms with Gasteiger partial charge in [0.1, 0.15) is 5.75 Å². The Kier molecular flexibility index (Phi) is 3.98. The summed E-state index contributed by atoms with van der Waals surface area (Å²) in [6.07, 6.45) is 1.86. The van der Waals surface area contributed by atoms with E-state index < -0.39 is 0 Å². The summed E-state index contributed by atoms with van der Waals surface area (Å²) in [6.45, 7) is 3.86. The number of amides is 1. The number of hydrazone groups is 1. The van der Waals surface area contributed by atoms with Gasteiger partial charge in [-0.05, 0) is 49.8 Å². The van der Waals surface area contributed by atoms with Crippen molar-refractivity contribution in [1.82, 2.24) is 0 Å². The number of nitrogens with zero attached hydrogens (tertiary/aromatic N) is 2. The predicted octanol–water partition coefficient (Wildman–Crippen LogP) is 3.81. The minimum atomic E-state index is -0.109. The number of methoxy groups -OCH3 is 1. The molecule has 0 N–H and O–H groups in total. The molecule has 23 heavy (non-hydrogen) atoms. The molecular formula is C19H18N2O2. The van der Waals surface area contributed by atoms with Crippen LogP contribution in [0.25, 0.3) is 6.08 Å². The Bertz CT molecular complexity index is 787. The Balaban J connectivity index is 1.89. The zero-order valence-electron chi connectivity index (χ0n) is 13.4. The largest absolute Gasteiger partial charge is 0.497 e.